The number of carbonyl (C=O) groups excluding carboxylic acids is 2. The van der Waals surface area contributed by atoms with E-state index < -0.39 is 33.7 Å². The fourth-order valence-corrected chi connectivity index (χ4v) is 3.88. The molecule has 0 aliphatic rings. The lowest BCUT2D eigenvalue weighted by molar-refractivity contribution is -0.120. The Balaban J connectivity index is 1.77. The van der Waals surface area contributed by atoms with Crippen LogP contribution in [0.3, 0.4) is 0 Å². The van der Waals surface area contributed by atoms with Crippen molar-refractivity contribution >= 4 is 22.0 Å². The molecule has 7 nitrogen and oxygen atoms in total. The Labute approximate surface area is 184 Å². The zero-order chi connectivity index (χ0) is 22.9. The highest BCUT2D eigenvalue weighted by molar-refractivity contribution is 7.90. The molecule has 0 bridgehead atoms. The molecular formula is C23H30N2O5S. The Hall–Kier alpha value is -2.87. The van der Waals surface area contributed by atoms with Crippen molar-refractivity contribution in [2.75, 3.05) is 12.3 Å². The van der Waals surface area contributed by atoms with E-state index in [4.69, 9.17) is 4.74 Å². The second kappa shape index (κ2) is 11.5. The first-order valence-electron chi connectivity index (χ1n) is 10.2. The van der Waals surface area contributed by atoms with Gasteiger partial charge in [0.05, 0.1) is 11.7 Å². The summed E-state index contributed by atoms with van der Waals surface area (Å²) in [5.74, 6) is -1.13. The highest BCUT2D eigenvalue weighted by atomic mass is 32.2. The minimum absolute atomic E-state index is 0.0869. The number of amides is 2. The molecule has 2 N–H and O–H groups in total. The topological polar surface area (TPSA) is 102 Å². The van der Waals surface area contributed by atoms with Gasteiger partial charge in [-0.05, 0) is 36.0 Å². The van der Waals surface area contributed by atoms with Crippen molar-refractivity contribution < 1.29 is 22.7 Å². The van der Waals surface area contributed by atoms with Crippen LogP contribution in [0.15, 0.2) is 54.6 Å². The van der Waals surface area contributed by atoms with Gasteiger partial charge in [-0.3, -0.25) is 9.52 Å². The summed E-state index contributed by atoms with van der Waals surface area (Å²) in [7, 11) is -3.89. The summed E-state index contributed by atoms with van der Waals surface area (Å²) in [4.78, 5) is 24.1. The highest BCUT2D eigenvalue weighted by Gasteiger charge is 2.21. The average Bonchev–Trinajstić information content (AvgIpc) is 2.72. The molecule has 0 aromatic heterocycles. The maximum absolute atomic E-state index is 12.4. The van der Waals surface area contributed by atoms with E-state index in [1.807, 2.05) is 54.6 Å². The Kier molecular flexibility index (Phi) is 9.05. The lowest BCUT2D eigenvalue weighted by Crippen LogP contribution is -2.39. The molecule has 0 unspecified atom stereocenters. The van der Waals surface area contributed by atoms with Gasteiger partial charge >= 0.3 is 6.09 Å². The molecule has 168 valence electrons. The summed E-state index contributed by atoms with van der Waals surface area (Å²) >= 11 is 0. The number of benzene rings is 2. The molecule has 8 heteroatoms. The molecule has 0 saturated heterocycles. The van der Waals surface area contributed by atoms with Gasteiger partial charge in [0.15, 0.2) is 0 Å². The molecule has 0 radical (unpaired) electrons. The number of sulfonamides is 1. The quantitative estimate of drug-likeness (QED) is 0.583. The van der Waals surface area contributed by atoms with E-state index in [9.17, 15) is 18.0 Å². The number of alkyl carbamates (subject to hydrolysis) is 1. The molecular weight excluding hydrogens is 416 g/mol. The number of rotatable bonds is 10. The maximum Gasteiger partial charge on any atom is 0.407 e. The molecule has 2 rings (SSSR count). The number of ether oxygens (including phenoxy) is 1. The van der Waals surface area contributed by atoms with Crippen LogP contribution in [0.1, 0.15) is 43.4 Å². The predicted octanol–water partition coefficient (Wildman–Crippen LogP) is 3.36. The summed E-state index contributed by atoms with van der Waals surface area (Å²) < 4.78 is 31.5. The lowest BCUT2D eigenvalue weighted by atomic mass is 9.96. The number of nitrogens with one attached hydrogen (secondary N) is 2. The summed E-state index contributed by atoms with van der Waals surface area (Å²) in [5.41, 5.74) is 2.73. The molecule has 31 heavy (non-hydrogen) atoms. The first-order chi connectivity index (χ1) is 14.7. The van der Waals surface area contributed by atoms with E-state index in [0.29, 0.717) is 5.92 Å². The molecule has 0 fully saturated rings. The standard InChI is InChI=1S/C23H30N2O5S/c1-17(2)15-19-9-11-21(12-10-19)18(3)22(26)25-31(28,29)14-13-24-23(27)30-16-20-7-5-4-6-8-20/h4-12,17-18H,13-16H2,1-3H3,(H,24,27)(H,25,26)/t18-/m1/s1. The number of hydrogen-bond acceptors (Lipinski definition) is 5. The Morgan fingerprint density at radius 1 is 0.935 bits per heavy atom. The zero-order valence-electron chi connectivity index (χ0n) is 18.1. The molecule has 0 heterocycles. The molecule has 0 spiro atoms. The Morgan fingerprint density at radius 3 is 2.19 bits per heavy atom. The van der Waals surface area contributed by atoms with Crippen LogP contribution < -0.4 is 10.0 Å². The average molecular weight is 447 g/mol. The van der Waals surface area contributed by atoms with Crippen LogP contribution in [0.2, 0.25) is 0 Å². The van der Waals surface area contributed by atoms with Gasteiger partial charge in [0.1, 0.15) is 6.61 Å². The molecule has 2 aromatic carbocycles. The second-order valence-electron chi connectivity index (χ2n) is 7.83. The van der Waals surface area contributed by atoms with Gasteiger partial charge in [-0.2, -0.15) is 0 Å². The monoisotopic (exact) mass is 446 g/mol. The minimum atomic E-state index is -3.89. The third kappa shape index (κ3) is 8.80. The Bertz CT molecular complexity index is 957. The van der Waals surface area contributed by atoms with Crippen LogP contribution in [0.4, 0.5) is 4.79 Å². The first-order valence-corrected chi connectivity index (χ1v) is 11.9. The van der Waals surface area contributed by atoms with Crippen molar-refractivity contribution in [2.24, 2.45) is 5.92 Å². The van der Waals surface area contributed by atoms with E-state index in [1.165, 1.54) is 5.56 Å². The van der Waals surface area contributed by atoms with E-state index in [1.54, 1.807) is 6.92 Å². The van der Waals surface area contributed by atoms with Crippen LogP contribution in [-0.2, 0) is 32.6 Å². The fraction of sp³-hybridized carbons (Fsp3) is 0.391. The van der Waals surface area contributed by atoms with Gasteiger partial charge in [-0.25, -0.2) is 13.2 Å². The molecule has 2 amide bonds. The van der Waals surface area contributed by atoms with Crippen molar-refractivity contribution in [1.29, 1.82) is 0 Å². The van der Waals surface area contributed by atoms with Crippen LogP contribution in [0, 0.1) is 5.92 Å². The number of hydrogen-bond donors (Lipinski definition) is 2. The van der Waals surface area contributed by atoms with Crippen LogP contribution in [0.5, 0.6) is 0 Å². The van der Waals surface area contributed by atoms with Crippen molar-refractivity contribution in [1.82, 2.24) is 10.0 Å². The fourth-order valence-electron chi connectivity index (χ4n) is 2.92. The third-order valence-corrected chi connectivity index (χ3v) is 5.88. The highest BCUT2D eigenvalue weighted by Crippen LogP contribution is 2.18. The SMILES string of the molecule is CC(C)Cc1ccc([C@@H](C)C(=O)NS(=O)(=O)CCNC(=O)OCc2ccccc2)cc1. The summed E-state index contributed by atoms with van der Waals surface area (Å²) in [6, 6.07) is 16.7. The minimum Gasteiger partial charge on any atom is -0.445 e. The zero-order valence-corrected chi connectivity index (χ0v) is 18.9. The molecule has 0 aliphatic carbocycles. The molecule has 2 aromatic rings. The molecule has 0 aliphatic heterocycles. The predicted molar refractivity (Wildman–Crippen MR) is 120 cm³/mol. The van der Waals surface area contributed by atoms with Gasteiger partial charge < -0.3 is 10.1 Å². The van der Waals surface area contributed by atoms with Crippen molar-refractivity contribution in [2.45, 2.75) is 39.7 Å². The van der Waals surface area contributed by atoms with E-state index in [-0.39, 0.29) is 13.2 Å². The first kappa shape index (κ1) is 24.4. The number of carbonyl (C=O) groups is 2. The largest absolute Gasteiger partial charge is 0.445 e. The van der Waals surface area contributed by atoms with Crippen molar-refractivity contribution in [3.05, 3.63) is 71.3 Å². The third-order valence-electron chi connectivity index (χ3n) is 4.63. The molecule has 0 saturated carbocycles. The summed E-state index contributed by atoms with van der Waals surface area (Å²) in [5, 5.41) is 2.37. The van der Waals surface area contributed by atoms with E-state index in [0.717, 1.165) is 17.5 Å². The van der Waals surface area contributed by atoms with Gasteiger partial charge in [0, 0.05) is 6.54 Å². The van der Waals surface area contributed by atoms with E-state index in [2.05, 4.69) is 23.9 Å². The van der Waals surface area contributed by atoms with Crippen LogP contribution >= 0.6 is 0 Å². The lowest BCUT2D eigenvalue weighted by Gasteiger charge is -2.14. The summed E-state index contributed by atoms with van der Waals surface area (Å²) in [6.07, 6.45) is 0.218. The van der Waals surface area contributed by atoms with Crippen molar-refractivity contribution in [3.63, 3.8) is 0 Å². The van der Waals surface area contributed by atoms with Crippen LogP contribution in [0.25, 0.3) is 0 Å². The van der Waals surface area contributed by atoms with Gasteiger partial charge in [0.2, 0.25) is 15.9 Å². The maximum atomic E-state index is 12.4. The molecule has 1 atom stereocenters. The smallest absolute Gasteiger partial charge is 0.407 e. The normalized spacial score (nSPS) is 12.3. The van der Waals surface area contributed by atoms with Gasteiger partial charge in [-0.15, -0.1) is 0 Å². The van der Waals surface area contributed by atoms with Crippen LogP contribution in [-0.4, -0.2) is 32.7 Å². The van der Waals surface area contributed by atoms with E-state index >= 15 is 0 Å². The van der Waals surface area contributed by atoms with Crippen molar-refractivity contribution in [3.8, 4) is 0 Å². The second-order valence-corrected chi connectivity index (χ2v) is 9.68. The van der Waals surface area contributed by atoms with Gasteiger partial charge in [0.25, 0.3) is 0 Å². The summed E-state index contributed by atoms with van der Waals surface area (Å²) in [6.45, 7) is 5.83. The van der Waals surface area contributed by atoms with Gasteiger partial charge in [-0.1, -0.05) is 68.4 Å². The Morgan fingerprint density at radius 2 is 1.58 bits per heavy atom.